The highest BCUT2D eigenvalue weighted by atomic mass is 16.3. The Morgan fingerprint density at radius 2 is 1.75 bits per heavy atom. The third kappa shape index (κ3) is 1.73. The molecule has 0 unspecified atom stereocenters. The molecule has 1 aliphatic rings. The molecule has 0 aliphatic carbocycles. The van der Waals surface area contributed by atoms with Crippen molar-refractivity contribution in [3.05, 3.63) is 59.7 Å². The van der Waals surface area contributed by atoms with Crippen molar-refractivity contribution >= 4 is 22.9 Å². The number of hydrogen-bond acceptors (Lipinski definition) is 3. The lowest BCUT2D eigenvalue weighted by molar-refractivity contribution is -0.112. The average molecular weight is 266 g/mol. The Labute approximate surface area is 116 Å². The summed E-state index contributed by atoms with van der Waals surface area (Å²) in [4.78, 5) is 14.0. The lowest BCUT2D eigenvalue weighted by atomic mass is 10.0. The quantitative estimate of drug-likeness (QED) is 0.778. The molecular formula is C16H14N2O2. The SMILES string of the molecule is CN1C(=O)/C(=C(/N)c2ccc(O)cc2)c2ccccc21. The van der Waals surface area contributed by atoms with Gasteiger partial charge in [-0.3, -0.25) is 4.79 Å². The molecule has 0 aromatic heterocycles. The van der Waals surface area contributed by atoms with E-state index >= 15 is 0 Å². The van der Waals surface area contributed by atoms with Crippen LogP contribution in [-0.4, -0.2) is 18.1 Å². The van der Waals surface area contributed by atoms with Gasteiger partial charge in [0.1, 0.15) is 5.75 Å². The van der Waals surface area contributed by atoms with Crippen LogP contribution in [0.25, 0.3) is 11.3 Å². The molecule has 4 heteroatoms. The molecule has 0 saturated carbocycles. The molecule has 2 aromatic carbocycles. The topological polar surface area (TPSA) is 66.6 Å². The second kappa shape index (κ2) is 4.42. The molecule has 1 aliphatic heterocycles. The zero-order valence-electron chi connectivity index (χ0n) is 11.0. The van der Waals surface area contributed by atoms with Crippen molar-refractivity contribution in [2.24, 2.45) is 5.73 Å². The minimum absolute atomic E-state index is 0.114. The zero-order valence-corrected chi connectivity index (χ0v) is 11.0. The van der Waals surface area contributed by atoms with Crippen LogP contribution in [0.2, 0.25) is 0 Å². The van der Waals surface area contributed by atoms with Crippen LogP contribution in [0.5, 0.6) is 5.75 Å². The third-order valence-electron chi connectivity index (χ3n) is 3.50. The summed E-state index contributed by atoms with van der Waals surface area (Å²) in [7, 11) is 1.73. The summed E-state index contributed by atoms with van der Waals surface area (Å²) in [5, 5.41) is 9.32. The Balaban J connectivity index is 2.20. The van der Waals surface area contributed by atoms with Gasteiger partial charge in [0.05, 0.1) is 17.0 Å². The zero-order chi connectivity index (χ0) is 14.3. The summed E-state index contributed by atoms with van der Waals surface area (Å²) in [6, 6.07) is 14.1. The Morgan fingerprint density at radius 1 is 1.10 bits per heavy atom. The van der Waals surface area contributed by atoms with E-state index in [1.165, 1.54) is 0 Å². The normalized spacial score (nSPS) is 16.2. The number of phenolic OH excluding ortho intramolecular Hbond substituents is 1. The molecule has 1 heterocycles. The molecule has 4 nitrogen and oxygen atoms in total. The van der Waals surface area contributed by atoms with Crippen LogP contribution >= 0.6 is 0 Å². The van der Waals surface area contributed by atoms with Crippen LogP contribution in [0.3, 0.4) is 0 Å². The van der Waals surface area contributed by atoms with Crippen LogP contribution in [0.15, 0.2) is 48.5 Å². The first-order valence-electron chi connectivity index (χ1n) is 6.26. The second-order valence-corrected chi connectivity index (χ2v) is 4.72. The van der Waals surface area contributed by atoms with Crippen LogP contribution in [0, 0.1) is 0 Å². The van der Waals surface area contributed by atoms with Crippen molar-refractivity contribution < 1.29 is 9.90 Å². The molecule has 0 atom stereocenters. The summed E-state index contributed by atoms with van der Waals surface area (Å²) in [5.41, 5.74) is 9.51. The van der Waals surface area contributed by atoms with Crippen molar-refractivity contribution in [2.45, 2.75) is 0 Å². The number of aromatic hydroxyl groups is 1. The van der Waals surface area contributed by atoms with Gasteiger partial charge in [-0.1, -0.05) is 18.2 Å². The van der Waals surface area contributed by atoms with Crippen LogP contribution in [-0.2, 0) is 4.79 Å². The highest BCUT2D eigenvalue weighted by Crippen LogP contribution is 2.38. The van der Waals surface area contributed by atoms with E-state index in [2.05, 4.69) is 0 Å². The summed E-state index contributed by atoms with van der Waals surface area (Å²) in [6.45, 7) is 0. The van der Waals surface area contributed by atoms with E-state index in [0.717, 1.165) is 16.8 Å². The van der Waals surface area contributed by atoms with Gasteiger partial charge in [0.15, 0.2) is 0 Å². The number of nitrogens with two attached hydrogens (primary N) is 1. The van der Waals surface area contributed by atoms with E-state index in [1.807, 2.05) is 24.3 Å². The van der Waals surface area contributed by atoms with Gasteiger partial charge in [-0.05, 0) is 35.9 Å². The maximum atomic E-state index is 12.4. The number of nitrogens with zero attached hydrogens (tertiary/aromatic N) is 1. The van der Waals surface area contributed by atoms with Gasteiger partial charge < -0.3 is 15.7 Å². The number of rotatable bonds is 1. The second-order valence-electron chi connectivity index (χ2n) is 4.72. The summed E-state index contributed by atoms with van der Waals surface area (Å²) in [6.07, 6.45) is 0. The maximum Gasteiger partial charge on any atom is 0.260 e. The number of carbonyl (C=O) groups is 1. The number of para-hydroxylation sites is 1. The molecular weight excluding hydrogens is 252 g/mol. The van der Waals surface area contributed by atoms with Gasteiger partial charge in [0, 0.05) is 12.6 Å². The first-order valence-corrected chi connectivity index (χ1v) is 6.26. The largest absolute Gasteiger partial charge is 0.508 e. The van der Waals surface area contributed by atoms with Crippen LogP contribution < -0.4 is 10.6 Å². The minimum atomic E-state index is -0.114. The van der Waals surface area contributed by atoms with Crippen molar-refractivity contribution in [1.82, 2.24) is 0 Å². The standard InChI is InChI=1S/C16H14N2O2/c1-18-13-5-3-2-4-12(13)14(16(18)20)15(17)10-6-8-11(19)9-7-10/h2-9,19H,17H2,1H3/b15-14+. The van der Waals surface area contributed by atoms with E-state index < -0.39 is 0 Å². The smallest absolute Gasteiger partial charge is 0.260 e. The number of fused-ring (bicyclic) bond motifs is 1. The van der Waals surface area contributed by atoms with Gasteiger partial charge in [0.25, 0.3) is 5.91 Å². The molecule has 3 rings (SSSR count). The van der Waals surface area contributed by atoms with Crippen molar-refractivity contribution in [3.8, 4) is 5.75 Å². The van der Waals surface area contributed by atoms with E-state index in [-0.39, 0.29) is 11.7 Å². The summed E-state index contributed by atoms with van der Waals surface area (Å²) < 4.78 is 0. The van der Waals surface area contributed by atoms with E-state index in [0.29, 0.717) is 11.3 Å². The van der Waals surface area contributed by atoms with Crippen LogP contribution in [0.4, 0.5) is 5.69 Å². The fourth-order valence-electron chi connectivity index (χ4n) is 2.42. The lowest BCUT2D eigenvalue weighted by Gasteiger charge is -2.09. The molecule has 3 N–H and O–H groups in total. The van der Waals surface area contributed by atoms with Crippen LogP contribution in [0.1, 0.15) is 11.1 Å². The summed E-state index contributed by atoms with van der Waals surface area (Å²) in [5.74, 6) is 0.0543. The number of carbonyl (C=O) groups excluding carboxylic acids is 1. The Bertz CT molecular complexity index is 718. The fourth-order valence-corrected chi connectivity index (χ4v) is 2.42. The lowest BCUT2D eigenvalue weighted by Crippen LogP contribution is -2.21. The van der Waals surface area contributed by atoms with Gasteiger partial charge in [-0.2, -0.15) is 0 Å². The molecule has 20 heavy (non-hydrogen) atoms. The molecule has 100 valence electrons. The van der Waals surface area contributed by atoms with Gasteiger partial charge in [-0.15, -0.1) is 0 Å². The fraction of sp³-hybridized carbons (Fsp3) is 0.0625. The molecule has 0 bridgehead atoms. The number of amides is 1. The maximum absolute atomic E-state index is 12.4. The summed E-state index contributed by atoms with van der Waals surface area (Å²) >= 11 is 0. The number of likely N-dealkylation sites (N-methyl/N-ethyl adjacent to an activating group) is 1. The van der Waals surface area contributed by atoms with E-state index in [4.69, 9.17) is 5.73 Å². The minimum Gasteiger partial charge on any atom is -0.508 e. The predicted octanol–water partition coefficient (Wildman–Crippen LogP) is 2.20. The van der Waals surface area contributed by atoms with E-state index in [1.54, 1.807) is 36.2 Å². The number of anilines is 1. The Morgan fingerprint density at radius 3 is 2.45 bits per heavy atom. The monoisotopic (exact) mass is 266 g/mol. The van der Waals surface area contributed by atoms with Gasteiger partial charge >= 0.3 is 0 Å². The van der Waals surface area contributed by atoms with Crippen molar-refractivity contribution in [3.63, 3.8) is 0 Å². The van der Waals surface area contributed by atoms with Crippen molar-refractivity contribution in [1.29, 1.82) is 0 Å². The number of benzene rings is 2. The first-order chi connectivity index (χ1) is 9.59. The van der Waals surface area contributed by atoms with Crippen molar-refractivity contribution in [2.75, 3.05) is 11.9 Å². The number of phenols is 1. The highest BCUT2D eigenvalue weighted by Gasteiger charge is 2.31. The first kappa shape index (κ1) is 12.3. The predicted molar refractivity (Wildman–Crippen MR) is 79.0 cm³/mol. The number of hydrogen-bond donors (Lipinski definition) is 2. The Kier molecular flexibility index (Phi) is 2.71. The van der Waals surface area contributed by atoms with Gasteiger partial charge in [0.2, 0.25) is 0 Å². The molecule has 2 aromatic rings. The highest BCUT2D eigenvalue weighted by molar-refractivity contribution is 6.37. The Hall–Kier alpha value is -2.75. The van der Waals surface area contributed by atoms with E-state index in [9.17, 15) is 9.90 Å². The molecule has 0 radical (unpaired) electrons. The molecule has 0 fully saturated rings. The van der Waals surface area contributed by atoms with Gasteiger partial charge in [-0.25, -0.2) is 0 Å². The molecule has 1 amide bonds. The molecule has 0 saturated heterocycles. The average Bonchev–Trinajstić information content (AvgIpc) is 2.72. The molecule has 0 spiro atoms. The third-order valence-corrected chi connectivity index (χ3v) is 3.50.